The summed E-state index contributed by atoms with van der Waals surface area (Å²) < 4.78 is 5.43. The van der Waals surface area contributed by atoms with Crippen molar-refractivity contribution in [1.82, 2.24) is 9.88 Å². The van der Waals surface area contributed by atoms with Crippen molar-refractivity contribution in [3.63, 3.8) is 0 Å². The van der Waals surface area contributed by atoms with E-state index in [1.54, 1.807) is 44.8 Å². The van der Waals surface area contributed by atoms with Crippen LogP contribution in [0.3, 0.4) is 0 Å². The molecule has 1 aliphatic rings. The number of nitrogens with zero attached hydrogens (tertiary/aromatic N) is 3. The lowest BCUT2D eigenvalue weighted by molar-refractivity contribution is -0.129. The van der Waals surface area contributed by atoms with Crippen molar-refractivity contribution in [3.8, 4) is 5.75 Å². The third-order valence-corrected chi connectivity index (χ3v) is 3.83. The first kappa shape index (κ1) is 14.1. The molecule has 0 spiro atoms. The third-order valence-electron chi connectivity index (χ3n) is 3.83. The molecule has 0 saturated heterocycles. The van der Waals surface area contributed by atoms with Crippen molar-refractivity contribution in [2.75, 3.05) is 14.2 Å². The first-order valence-electron chi connectivity index (χ1n) is 6.78. The third kappa shape index (κ3) is 1.84. The monoisotopic (exact) mass is 296 g/mol. The van der Waals surface area contributed by atoms with Gasteiger partial charge in [-0.15, -0.1) is 0 Å². The van der Waals surface area contributed by atoms with Gasteiger partial charge in [0, 0.05) is 25.0 Å². The lowest BCUT2D eigenvalue weighted by Crippen LogP contribution is -2.41. The zero-order chi connectivity index (χ0) is 15.7. The zero-order valence-corrected chi connectivity index (χ0v) is 12.4. The van der Waals surface area contributed by atoms with Crippen molar-refractivity contribution in [1.29, 1.82) is 0 Å². The smallest absolute Gasteiger partial charge is 0.266 e. The molecule has 2 heterocycles. The van der Waals surface area contributed by atoms with E-state index in [2.05, 4.69) is 9.98 Å². The fraction of sp³-hybridized carbons (Fsp3) is 0.188. The van der Waals surface area contributed by atoms with Gasteiger partial charge < -0.3 is 10.5 Å². The first-order valence-corrected chi connectivity index (χ1v) is 6.78. The standard InChI is InChI=1S/C16H16N4O2/c1-20-14(21)16(19-15(20)17,11-7-9-18-10-8-11)12-5-3-4-6-13(12)22-2/h3-10H,1-2H3,(H2,17,19). The number of guanidine groups is 1. The molecule has 1 atom stereocenters. The van der Waals surface area contributed by atoms with Gasteiger partial charge in [0.05, 0.1) is 7.11 Å². The number of carbonyl (C=O) groups excluding carboxylic acids is 1. The molecular weight excluding hydrogens is 280 g/mol. The molecule has 6 nitrogen and oxygen atoms in total. The van der Waals surface area contributed by atoms with Crippen molar-refractivity contribution in [2.45, 2.75) is 5.54 Å². The molecule has 3 rings (SSSR count). The second kappa shape index (κ2) is 5.14. The van der Waals surface area contributed by atoms with Gasteiger partial charge in [0.1, 0.15) is 5.75 Å². The second-order valence-electron chi connectivity index (χ2n) is 4.98. The highest BCUT2D eigenvalue weighted by Crippen LogP contribution is 2.42. The molecule has 0 aliphatic carbocycles. The maximum atomic E-state index is 13.0. The SMILES string of the molecule is COc1ccccc1C1(c2ccncc2)N=C(N)N(C)C1=O. The van der Waals surface area contributed by atoms with Gasteiger partial charge in [0.25, 0.3) is 5.91 Å². The van der Waals surface area contributed by atoms with Crippen LogP contribution in [0.2, 0.25) is 0 Å². The number of para-hydroxylation sites is 1. The second-order valence-corrected chi connectivity index (χ2v) is 4.98. The minimum absolute atomic E-state index is 0.174. The molecule has 0 fully saturated rings. The van der Waals surface area contributed by atoms with Crippen LogP contribution in [-0.4, -0.2) is 35.9 Å². The van der Waals surface area contributed by atoms with Gasteiger partial charge in [-0.25, -0.2) is 4.99 Å². The molecule has 0 bridgehead atoms. The fourth-order valence-corrected chi connectivity index (χ4v) is 2.70. The van der Waals surface area contributed by atoms with Gasteiger partial charge in [-0.05, 0) is 23.8 Å². The summed E-state index contributed by atoms with van der Waals surface area (Å²) in [5, 5.41) is 0. The average molecular weight is 296 g/mol. The molecular formula is C16H16N4O2. The molecule has 0 radical (unpaired) electrons. The normalized spacial score (nSPS) is 20.9. The molecule has 0 saturated carbocycles. The Morgan fingerprint density at radius 1 is 1.18 bits per heavy atom. The molecule has 22 heavy (non-hydrogen) atoms. The number of benzene rings is 1. The van der Waals surface area contributed by atoms with E-state index >= 15 is 0 Å². The van der Waals surface area contributed by atoms with Gasteiger partial charge >= 0.3 is 0 Å². The van der Waals surface area contributed by atoms with Crippen LogP contribution in [0.4, 0.5) is 0 Å². The summed E-state index contributed by atoms with van der Waals surface area (Å²) in [6.07, 6.45) is 3.26. The Kier molecular flexibility index (Phi) is 3.29. The van der Waals surface area contributed by atoms with Crippen LogP contribution in [0.5, 0.6) is 5.75 Å². The van der Waals surface area contributed by atoms with E-state index in [9.17, 15) is 4.79 Å². The number of methoxy groups -OCH3 is 1. The molecule has 6 heteroatoms. The van der Waals surface area contributed by atoms with E-state index in [0.717, 1.165) is 0 Å². The molecule has 1 unspecified atom stereocenters. The number of amides is 1. The zero-order valence-electron chi connectivity index (χ0n) is 12.4. The Morgan fingerprint density at radius 2 is 1.86 bits per heavy atom. The summed E-state index contributed by atoms with van der Waals surface area (Å²) in [7, 11) is 3.18. The summed E-state index contributed by atoms with van der Waals surface area (Å²) in [4.78, 5) is 22.8. The molecule has 1 aromatic heterocycles. The van der Waals surface area contributed by atoms with E-state index in [1.165, 1.54) is 4.90 Å². The number of hydrogen-bond donors (Lipinski definition) is 1. The quantitative estimate of drug-likeness (QED) is 0.920. The van der Waals surface area contributed by atoms with Crippen LogP contribution in [0.1, 0.15) is 11.1 Å². The predicted octanol–water partition coefficient (Wildman–Crippen LogP) is 1.12. The molecule has 1 aromatic carbocycles. The van der Waals surface area contributed by atoms with Gasteiger partial charge in [-0.2, -0.15) is 0 Å². The molecule has 2 aromatic rings. The molecule has 1 aliphatic heterocycles. The van der Waals surface area contributed by atoms with Crippen molar-refractivity contribution in [3.05, 3.63) is 59.9 Å². The molecule has 112 valence electrons. The first-order chi connectivity index (χ1) is 10.6. The topological polar surface area (TPSA) is 80.8 Å². The Balaban J connectivity index is 2.33. The number of carbonyl (C=O) groups is 1. The van der Waals surface area contributed by atoms with Crippen LogP contribution in [0.25, 0.3) is 0 Å². The molecule has 2 N–H and O–H groups in total. The van der Waals surface area contributed by atoms with Crippen LogP contribution in [-0.2, 0) is 10.3 Å². The summed E-state index contributed by atoms with van der Waals surface area (Å²) >= 11 is 0. The van der Waals surface area contributed by atoms with E-state index in [0.29, 0.717) is 16.9 Å². The highest BCUT2D eigenvalue weighted by atomic mass is 16.5. The summed E-state index contributed by atoms with van der Waals surface area (Å²) in [5.74, 6) is 0.535. The summed E-state index contributed by atoms with van der Waals surface area (Å²) in [5.41, 5.74) is 6.02. The van der Waals surface area contributed by atoms with Gasteiger partial charge in [0.2, 0.25) is 0 Å². The Bertz CT molecular complexity index is 745. The number of rotatable bonds is 3. The van der Waals surface area contributed by atoms with Crippen LogP contribution in [0, 0.1) is 0 Å². The summed E-state index contributed by atoms with van der Waals surface area (Å²) in [6, 6.07) is 10.8. The number of nitrogens with two attached hydrogens (primary N) is 1. The van der Waals surface area contributed by atoms with Gasteiger partial charge in [-0.1, -0.05) is 18.2 Å². The lowest BCUT2D eigenvalue weighted by Gasteiger charge is -2.27. The molecule has 1 amide bonds. The minimum atomic E-state index is -1.24. The maximum Gasteiger partial charge on any atom is 0.266 e. The maximum absolute atomic E-state index is 13.0. The number of ether oxygens (including phenoxy) is 1. The Labute approximate surface area is 128 Å². The highest BCUT2D eigenvalue weighted by molar-refractivity contribution is 6.09. The minimum Gasteiger partial charge on any atom is -0.496 e. The number of aromatic nitrogens is 1. The number of pyridine rings is 1. The van der Waals surface area contributed by atoms with Crippen molar-refractivity contribution in [2.24, 2.45) is 10.7 Å². The van der Waals surface area contributed by atoms with Crippen LogP contribution < -0.4 is 10.5 Å². The van der Waals surface area contributed by atoms with E-state index in [-0.39, 0.29) is 11.9 Å². The van der Waals surface area contributed by atoms with Crippen LogP contribution in [0.15, 0.2) is 53.8 Å². The predicted molar refractivity (Wildman–Crippen MR) is 82.4 cm³/mol. The number of likely N-dealkylation sites (N-methyl/N-ethyl adjacent to an activating group) is 1. The Hall–Kier alpha value is -2.89. The lowest BCUT2D eigenvalue weighted by atomic mass is 9.82. The summed E-state index contributed by atoms with van der Waals surface area (Å²) in [6.45, 7) is 0. The largest absolute Gasteiger partial charge is 0.496 e. The van der Waals surface area contributed by atoms with Crippen molar-refractivity contribution < 1.29 is 9.53 Å². The van der Waals surface area contributed by atoms with Crippen molar-refractivity contribution >= 4 is 11.9 Å². The van der Waals surface area contributed by atoms with E-state index < -0.39 is 5.54 Å². The fourth-order valence-electron chi connectivity index (χ4n) is 2.70. The average Bonchev–Trinajstić information content (AvgIpc) is 2.80. The van der Waals surface area contributed by atoms with Gasteiger partial charge in [0.15, 0.2) is 11.5 Å². The Morgan fingerprint density at radius 3 is 2.45 bits per heavy atom. The van der Waals surface area contributed by atoms with E-state index in [4.69, 9.17) is 10.5 Å². The number of hydrogen-bond acceptors (Lipinski definition) is 5. The number of aliphatic imine (C=N–C) groups is 1. The highest BCUT2D eigenvalue weighted by Gasteiger charge is 2.50. The van der Waals surface area contributed by atoms with E-state index in [1.807, 2.05) is 18.2 Å². The van der Waals surface area contributed by atoms with Crippen LogP contribution >= 0.6 is 0 Å². The van der Waals surface area contributed by atoms with Gasteiger partial charge in [-0.3, -0.25) is 14.7 Å².